The molecular weight excluding hydrogens is 272 g/mol. The van der Waals surface area contributed by atoms with Gasteiger partial charge in [-0.3, -0.25) is 9.59 Å². The molecule has 6 heteroatoms. The van der Waals surface area contributed by atoms with Crippen LogP contribution in [0.3, 0.4) is 0 Å². The molecule has 0 aliphatic carbocycles. The zero-order valence-corrected chi connectivity index (χ0v) is 11.1. The minimum absolute atomic E-state index is 0.228. The van der Waals surface area contributed by atoms with E-state index in [0.717, 1.165) is 0 Å². The average Bonchev–Trinajstić information content (AvgIpc) is 2.48. The maximum atomic E-state index is 11.7. The Hall–Kier alpha value is -3.02. The largest absolute Gasteiger partial charge is 0.437 e. The van der Waals surface area contributed by atoms with Gasteiger partial charge in [0.05, 0.1) is 0 Å². The summed E-state index contributed by atoms with van der Waals surface area (Å²) < 4.78 is 10.7. The number of ether oxygens (including phenoxy) is 2. The monoisotopic (exact) mass is 286 g/mol. The summed E-state index contributed by atoms with van der Waals surface area (Å²) in [6, 6.07) is 16.4. The summed E-state index contributed by atoms with van der Waals surface area (Å²) in [4.78, 5) is 23.5. The predicted octanol–water partition coefficient (Wildman–Crippen LogP) is 0.811. The van der Waals surface area contributed by atoms with Crippen molar-refractivity contribution in [1.82, 2.24) is 0 Å². The standard InChI is InChI=1S/C15H14N2O4/c16-13(18)15(14(17)19,20-11-7-3-1-4-8-11)21-12-9-5-2-6-10-12/h1-10H,(H2,16,18)(H2,17,19). The van der Waals surface area contributed by atoms with Crippen LogP contribution in [0, 0.1) is 0 Å². The topological polar surface area (TPSA) is 105 Å². The van der Waals surface area contributed by atoms with Crippen molar-refractivity contribution >= 4 is 11.8 Å². The highest BCUT2D eigenvalue weighted by molar-refractivity contribution is 6.06. The predicted molar refractivity (Wildman–Crippen MR) is 75.3 cm³/mol. The first-order chi connectivity index (χ1) is 10.0. The second-order valence-electron chi connectivity index (χ2n) is 4.18. The first-order valence-corrected chi connectivity index (χ1v) is 6.12. The molecule has 0 aromatic heterocycles. The number of rotatable bonds is 6. The molecule has 2 rings (SSSR count). The number of primary amides is 2. The molecule has 0 atom stereocenters. The third kappa shape index (κ3) is 3.11. The highest BCUT2D eigenvalue weighted by Crippen LogP contribution is 2.23. The maximum absolute atomic E-state index is 11.7. The summed E-state index contributed by atoms with van der Waals surface area (Å²) in [5.74, 6) is -4.23. The third-order valence-corrected chi connectivity index (χ3v) is 2.66. The van der Waals surface area contributed by atoms with Gasteiger partial charge in [-0.15, -0.1) is 0 Å². The van der Waals surface area contributed by atoms with Gasteiger partial charge >= 0.3 is 17.6 Å². The summed E-state index contributed by atoms with van der Waals surface area (Å²) in [7, 11) is 0. The first-order valence-electron chi connectivity index (χ1n) is 6.12. The molecule has 0 saturated carbocycles. The molecule has 0 fully saturated rings. The number of amides is 2. The van der Waals surface area contributed by atoms with Crippen LogP contribution in [-0.4, -0.2) is 17.6 Å². The number of para-hydroxylation sites is 2. The highest BCUT2D eigenvalue weighted by Gasteiger charge is 2.49. The van der Waals surface area contributed by atoms with Gasteiger partial charge in [0, 0.05) is 0 Å². The number of benzene rings is 2. The van der Waals surface area contributed by atoms with Crippen molar-refractivity contribution in [1.29, 1.82) is 0 Å². The van der Waals surface area contributed by atoms with Gasteiger partial charge < -0.3 is 20.9 Å². The summed E-state index contributed by atoms with van der Waals surface area (Å²) in [5.41, 5.74) is 10.6. The van der Waals surface area contributed by atoms with Crippen molar-refractivity contribution in [2.75, 3.05) is 0 Å². The van der Waals surface area contributed by atoms with Crippen molar-refractivity contribution in [2.45, 2.75) is 5.79 Å². The molecule has 0 bridgehead atoms. The Morgan fingerprint density at radius 2 is 1.05 bits per heavy atom. The van der Waals surface area contributed by atoms with Crippen LogP contribution in [0.4, 0.5) is 0 Å². The van der Waals surface area contributed by atoms with Crippen LogP contribution in [0.1, 0.15) is 0 Å². The maximum Gasteiger partial charge on any atom is 0.414 e. The summed E-state index contributed by atoms with van der Waals surface area (Å²) in [6.07, 6.45) is 0. The Morgan fingerprint density at radius 3 is 1.33 bits per heavy atom. The van der Waals surface area contributed by atoms with Gasteiger partial charge in [0.1, 0.15) is 11.5 Å². The van der Waals surface area contributed by atoms with E-state index in [4.69, 9.17) is 20.9 Å². The minimum atomic E-state index is -2.41. The van der Waals surface area contributed by atoms with Crippen LogP contribution in [-0.2, 0) is 9.59 Å². The lowest BCUT2D eigenvalue weighted by Crippen LogP contribution is -2.62. The molecule has 2 aromatic carbocycles. The van der Waals surface area contributed by atoms with E-state index in [1.807, 2.05) is 0 Å². The molecule has 0 aliphatic rings. The van der Waals surface area contributed by atoms with E-state index in [-0.39, 0.29) is 11.5 Å². The fraction of sp³-hybridized carbons (Fsp3) is 0.0667. The van der Waals surface area contributed by atoms with Crippen molar-refractivity contribution in [2.24, 2.45) is 11.5 Å². The van der Waals surface area contributed by atoms with E-state index in [1.54, 1.807) is 60.7 Å². The Kier molecular flexibility index (Phi) is 4.08. The van der Waals surface area contributed by atoms with Gasteiger partial charge in [0.25, 0.3) is 0 Å². The molecule has 21 heavy (non-hydrogen) atoms. The van der Waals surface area contributed by atoms with Crippen LogP contribution in [0.5, 0.6) is 11.5 Å². The Morgan fingerprint density at radius 1 is 0.714 bits per heavy atom. The summed E-state index contributed by atoms with van der Waals surface area (Å²) in [6.45, 7) is 0. The van der Waals surface area contributed by atoms with Gasteiger partial charge in [0.15, 0.2) is 0 Å². The van der Waals surface area contributed by atoms with Crippen molar-refractivity contribution in [3.8, 4) is 11.5 Å². The van der Waals surface area contributed by atoms with Gasteiger partial charge in [-0.05, 0) is 24.3 Å². The Bertz CT molecular complexity index is 571. The average molecular weight is 286 g/mol. The van der Waals surface area contributed by atoms with Crippen molar-refractivity contribution in [3.05, 3.63) is 60.7 Å². The summed E-state index contributed by atoms with van der Waals surface area (Å²) >= 11 is 0. The molecule has 0 unspecified atom stereocenters. The zero-order valence-electron chi connectivity index (χ0n) is 11.1. The van der Waals surface area contributed by atoms with E-state index < -0.39 is 17.6 Å². The molecule has 4 N–H and O–H groups in total. The zero-order chi connectivity index (χ0) is 15.3. The minimum Gasteiger partial charge on any atom is -0.437 e. The molecular formula is C15H14N2O4. The van der Waals surface area contributed by atoms with E-state index in [9.17, 15) is 9.59 Å². The van der Waals surface area contributed by atoms with E-state index in [0.29, 0.717) is 0 Å². The lowest BCUT2D eigenvalue weighted by Gasteiger charge is -2.28. The van der Waals surface area contributed by atoms with Crippen LogP contribution >= 0.6 is 0 Å². The summed E-state index contributed by atoms with van der Waals surface area (Å²) in [5, 5.41) is 0. The molecule has 2 aromatic rings. The fourth-order valence-corrected chi connectivity index (χ4v) is 1.65. The number of carbonyl (C=O) groups excluding carboxylic acids is 2. The highest BCUT2D eigenvalue weighted by atomic mass is 16.7. The molecule has 0 heterocycles. The van der Waals surface area contributed by atoms with Gasteiger partial charge in [-0.2, -0.15) is 0 Å². The Balaban J connectivity index is 2.38. The third-order valence-electron chi connectivity index (χ3n) is 2.66. The molecule has 0 saturated heterocycles. The molecule has 6 nitrogen and oxygen atoms in total. The molecule has 2 amide bonds. The lowest BCUT2D eigenvalue weighted by atomic mass is 10.2. The molecule has 0 radical (unpaired) electrons. The van der Waals surface area contributed by atoms with Gasteiger partial charge in [-0.1, -0.05) is 36.4 Å². The smallest absolute Gasteiger partial charge is 0.414 e. The number of carbonyl (C=O) groups is 2. The fourth-order valence-electron chi connectivity index (χ4n) is 1.65. The van der Waals surface area contributed by atoms with Gasteiger partial charge in [-0.25, -0.2) is 0 Å². The quantitative estimate of drug-likeness (QED) is 0.605. The van der Waals surface area contributed by atoms with Gasteiger partial charge in [0.2, 0.25) is 0 Å². The van der Waals surface area contributed by atoms with E-state index >= 15 is 0 Å². The molecule has 108 valence electrons. The second kappa shape index (κ2) is 5.96. The van der Waals surface area contributed by atoms with Crippen molar-refractivity contribution < 1.29 is 19.1 Å². The van der Waals surface area contributed by atoms with Crippen LogP contribution < -0.4 is 20.9 Å². The second-order valence-corrected chi connectivity index (χ2v) is 4.18. The number of hydrogen-bond donors (Lipinski definition) is 2. The number of hydrogen-bond acceptors (Lipinski definition) is 4. The van der Waals surface area contributed by atoms with E-state index in [2.05, 4.69) is 0 Å². The molecule has 0 aliphatic heterocycles. The normalized spacial score (nSPS) is 10.7. The lowest BCUT2D eigenvalue weighted by molar-refractivity contribution is -0.173. The van der Waals surface area contributed by atoms with Crippen LogP contribution in [0.15, 0.2) is 60.7 Å². The first kappa shape index (κ1) is 14.4. The van der Waals surface area contributed by atoms with Crippen molar-refractivity contribution in [3.63, 3.8) is 0 Å². The van der Waals surface area contributed by atoms with Crippen LogP contribution in [0.2, 0.25) is 0 Å². The SMILES string of the molecule is NC(=O)C(Oc1ccccc1)(Oc1ccccc1)C(N)=O. The van der Waals surface area contributed by atoms with Crippen LogP contribution in [0.25, 0.3) is 0 Å². The Labute approximate surface area is 121 Å². The molecule has 0 spiro atoms. The number of nitrogens with two attached hydrogens (primary N) is 2. The van der Waals surface area contributed by atoms with E-state index in [1.165, 1.54) is 0 Å².